The molecule has 1 unspecified atom stereocenters. The summed E-state index contributed by atoms with van der Waals surface area (Å²) in [5.41, 5.74) is 1.41. The van der Waals surface area contributed by atoms with Gasteiger partial charge in [0, 0.05) is 29.8 Å². The highest BCUT2D eigenvalue weighted by molar-refractivity contribution is 5.92. The van der Waals surface area contributed by atoms with Gasteiger partial charge in [0.25, 0.3) is 0 Å². The Morgan fingerprint density at radius 3 is 2.91 bits per heavy atom. The fraction of sp³-hybridized carbons (Fsp3) is 0.519. The Morgan fingerprint density at radius 1 is 1.24 bits per heavy atom. The molecule has 3 heterocycles. The van der Waals surface area contributed by atoms with E-state index in [-0.39, 0.29) is 23.7 Å². The molecular weight excluding hydrogens is 432 g/mol. The van der Waals surface area contributed by atoms with Crippen molar-refractivity contribution >= 4 is 12.0 Å². The summed E-state index contributed by atoms with van der Waals surface area (Å²) >= 11 is 0. The van der Waals surface area contributed by atoms with Gasteiger partial charge in [0.05, 0.1) is 29.6 Å². The normalized spacial score (nSPS) is 35.7. The Bertz CT molecular complexity index is 1170. The van der Waals surface area contributed by atoms with E-state index >= 15 is 0 Å². The molecule has 7 heteroatoms. The highest BCUT2D eigenvalue weighted by Gasteiger charge is 2.73. The van der Waals surface area contributed by atoms with Crippen LogP contribution in [-0.4, -0.2) is 57.9 Å². The van der Waals surface area contributed by atoms with Gasteiger partial charge in [-0.15, -0.1) is 0 Å². The molecule has 34 heavy (non-hydrogen) atoms. The highest BCUT2D eigenvalue weighted by atomic mass is 16.5. The smallest absolute Gasteiger partial charge is 0.244 e. The summed E-state index contributed by atoms with van der Waals surface area (Å²) in [6.07, 6.45) is 11.3. The topological polar surface area (TPSA) is 95.2 Å². The number of ether oxygens (including phenoxy) is 1. The van der Waals surface area contributed by atoms with E-state index in [0.717, 1.165) is 48.5 Å². The first-order valence-electron chi connectivity index (χ1n) is 12.5. The standard InChI is InChI=1S/C27H30N2O5/c30-20-5-4-18-13-21-27(32)9-7-19(28-22(31)6-3-17-8-12-33-15-17)25-26(27,23(18)24(20)34-25)10-11-29(21)14-16-1-2-16/h3-6,8,12,15-16,19,21,25,30,32H,1-2,7,9-11,13-14H2,(H,28,31)/b6-3+/t19-,21-,25+,26?,27-/m1/s1. The van der Waals surface area contributed by atoms with Gasteiger partial charge in [-0.2, -0.15) is 0 Å². The van der Waals surface area contributed by atoms with E-state index in [1.165, 1.54) is 18.9 Å². The van der Waals surface area contributed by atoms with Crippen LogP contribution in [0.5, 0.6) is 11.5 Å². The van der Waals surface area contributed by atoms with Gasteiger partial charge in [0.1, 0.15) is 6.10 Å². The summed E-state index contributed by atoms with van der Waals surface area (Å²) in [6, 6.07) is 5.30. The zero-order valence-corrected chi connectivity index (χ0v) is 19.1. The fourth-order valence-electron chi connectivity index (χ4n) is 7.40. The first kappa shape index (κ1) is 20.6. The van der Waals surface area contributed by atoms with Crippen molar-refractivity contribution in [3.63, 3.8) is 0 Å². The average Bonchev–Trinajstić information content (AvgIpc) is 3.33. The molecule has 5 atom stereocenters. The minimum absolute atomic E-state index is 0.0357. The van der Waals surface area contributed by atoms with E-state index in [2.05, 4.69) is 10.2 Å². The van der Waals surface area contributed by atoms with Crippen LogP contribution in [-0.2, 0) is 16.6 Å². The third-order valence-electron chi connectivity index (χ3n) is 9.06. The minimum Gasteiger partial charge on any atom is -0.504 e. The number of phenolic OH excluding ortho intramolecular Hbond substituents is 1. The molecule has 1 saturated heterocycles. The quantitative estimate of drug-likeness (QED) is 0.592. The zero-order chi connectivity index (χ0) is 23.1. The van der Waals surface area contributed by atoms with E-state index < -0.39 is 17.1 Å². The molecule has 1 aromatic carbocycles. The van der Waals surface area contributed by atoms with Gasteiger partial charge in [0.2, 0.25) is 5.91 Å². The van der Waals surface area contributed by atoms with Gasteiger partial charge < -0.3 is 24.7 Å². The molecule has 3 aliphatic carbocycles. The van der Waals surface area contributed by atoms with Crippen LogP contribution in [0.15, 0.2) is 41.2 Å². The first-order valence-corrected chi connectivity index (χ1v) is 12.5. The van der Waals surface area contributed by atoms with Gasteiger partial charge in [0.15, 0.2) is 11.5 Å². The molecule has 1 aromatic heterocycles. The molecule has 2 aliphatic heterocycles. The van der Waals surface area contributed by atoms with Gasteiger partial charge in [-0.05, 0) is 74.8 Å². The third-order valence-corrected chi connectivity index (χ3v) is 9.06. The molecule has 178 valence electrons. The summed E-state index contributed by atoms with van der Waals surface area (Å²) in [5, 5.41) is 26.3. The molecule has 3 fully saturated rings. The number of carbonyl (C=O) groups is 1. The predicted octanol–water partition coefficient (Wildman–Crippen LogP) is 2.75. The number of piperidine rings is 1. The van der Waals surface area contributed by atoms with Crippen LogP contribution in [0.4, 0.5) is 0 Å². The van der Waals surface area contributed by atoms with E-state index in [1.807, 2.05) is 6.07 Å². The van der Waals surface area contributed by atoms with Crippen molar-refractivity contribution in [2.24, 2.45) is 5.92 Å². The number of aromatic hydroxyl groups is 1. The predicted molar refractivity (Wildman–Crippen MR) is 124 cm³/mol. The van der Waals surface area contributed by atoms with Crippen LogP contribution in [0.3, 0.4) is 0 Å². The maximum absolute atomic E-state index is 12.8. The average molecular weight is 463 g/mol. The maximum atomic E-state index is 12.8. The van der Waals surface area contributed by atoms with E-state index in [1.54, 1.807) is 30.7 Å². The monoisotopic (exact) mass is 462 g/mol. The van der Waals surface area contributed by atoms with Crippen molar-refractivity contribution < 1.29 is 24.2 Å². The third kappa shape index (κ3) is 2.74. The summed E-state index contributed by atoms with van der Waals surface area (Å²) < 4.78 is 11.5. The molecule has 0 radical (unpaired) electrons. The molecule has 3 N–H and O–H groups in total. The lowest BCUT2D eigenvalue weighted by atomic mass is 9.48. The van der Waals surface area contributed by atoms with E-state index in [9.17, 15) is 15.0 Å². The van der Waals surface area contributed by atoms with Crippen molar-refractivity contribution in [3.05, 3.63) is 53.5 Å². The largest absolute Gasteiger partial charge is 0.504 e. The van der Waals surface area contributed by atoms with Crippen LogP contribution in [0, 0.1) is 5.92 Å². The number of phenols is 1. The van der Waals surface area contributed by atoms with Gasteiger partial charge in [-0.1, -0.05) is 6.07 Å². The minimum atomic E-state index is -0.940. The van der Waals surface area contributed by atoms with Crippen molar-refractivity contribution in [3.8, 4) is 11.5 Å². The number of likely N-dealkylation sites (tertiary alicyclic amines) is 1. The van der Waals surface area contributed by atoms with Crippen molar-refractivity contribution in [1.82, 2.24) is 10.2 Å². The fourth-order valence-corrected chi connectivity index (χ4v) is 7.40. The van der Waals surface area contributed by atoms with Crippen molar-refractivity contribution in [2.75, 3.05) is 13.1 Å². The lowest BCUT2D eigenvalue weighted by Gasteiger charge is -2.64. The van der Waals surface area contributed by atoms with Gasteiger partial charge in [-0.25, -0.2) is 0 Å². The van der Waals surface area contributed by atoms with Gasteiger partial charge in [-0.3, -0.25) is 9.69 Å². The summed E-state index contributed by atoms with van der Waals surface area (Å²) in [7, 11) is 0. The summed E-state index contributed by atoms with van der Waals surface area (Å²) in [5.74, 6) is 1.18. The Morgan fingerprint density at radius 2 is 2.12 bits per heavy atom. The second kappa shape index (κ2) is 7.12. The highest BCUT2D eigenvalue weighted by Crippen LogP contribution is 2.65. The number of hydrogen-bond acceptors (Lipinski definition) is 6. The molecule has 2 bridgehead atoms. The molecule has 2 aromatic rings. The number of furan rings is 1. The van der Waals surface area contributed by atoms with Crippen LogP contribution in [0.25, 0.3) is 6.08 Å². The second-order valence-corrected chi connectivity index (χ2v) is 10.8. The number of nitrogens with zero attached hydrogens (tertiary/aromatic N) is 1. The molecule has 1 spiro atoms. The number of nitrogens with one attached hydrogen (secondary N) is 1. The molecular formula is C27H30N2O5. The first-order chi connectivity index (χ1) is 16.5. The Labute approximate surface area is 198 Å². The number of rotatable bonds is 5. The molecule has 7 rings (SSSR count). The van der Waals surface area contributed by atoms with Crippen molar-refractivity contribution in [1.29, 1.82) is 0 Å². The maximum Gasteiger partial charge on any atom is 0.244 e. The Balaban J connectivity index is 1.25. The van der Waals surface area contributed by atoms with Crippen LogP contribution < -0.4 is 10.1 Å². The van der Waals surface area contributed by atoms with Crippen LogP contribution >= 0.6 is 0 Å². The lowest BCUT2D eigenvalue weighted by Crippen LogP contribution is -2.78. The zero-order valence-electron chi connectivity index (χ0n) is 19.1. The SMILES string of the molecule is O=C(/C=C/c1ccoc1)N[C@@H]1CC[C@@]2(O)[C@H]3Cc4ccc(O)c5c4C2(CCN3CC2CC2)[C@H]1O5. The van der Waals surface area contributed by atoms with Crippen LogP contribution in [0.1, 0.15) is 48.8 Å². The summed E-state index contributed by atoms with van der Waals surface area (Å²) in [4.78, 5) is 15.3. The number of aliphatic hydroxyl groups is 1. The Hall–Kier alpha value is -2.77. The number of hydrogen-bond donors (Lipinski definition) is 3. The second-order valence-electron chi connectivity index (χ2n) is 10.8. The number of amides is 1. The lowest BCUT2D eigenvalue weighted by molar-refractivity contribution is -0.192. The van der Waals surface area contributed by atoms with Crippen molar-refractivity contribution in [2.45, 2.75) is 67.7 Å². The number of carbonyl (C=O) groups excluding carboxylic acids is 1. The molecule has 5 aliphatic rings. The molecule has 7 nitrogen and oxygen atoms in total. The van der Waals surface area contributed by atoms with Crippen LogP contribution in [0.2, 0.25) is 0 Å². The summed E-state index contributed by atoms with van der Waals surface area (Å²) in [6.45, 7) is 1.95. The van der Waals surface area contributed by atoms with Gasteiger partial charge >= 0.3 is 0 Å². The number of benzene rings is 1. The van der Waals surface area contributed by atoms with E-state index in [4.69, 9.17) is 9.15 Å². The molecule has 1 amide bonds. The molecule has 2 saturated carbocycles. The van der Waals surface area contributed by atoms with E-state index in [0.29, 0.717) is 18.6 Å². The Kier molecular flexibility index (Phi) is 4.31.